The summed E-state index contributed by atoms with van der Waals surface area (Å²) in [5.74, 6) is 0.309. The molecule has 0 radical (unpaired) electrons. The van der Waals surface area contributed by atoms with Crippen LogP contribution in [0.3, 0.4) is 0 Å². The second kappa shape index (κ2) is 8.13. The third-order valence-electron chi connectivity index (χ3n) is 2.47. The fourth-order valence-electron chi connectivity index (χ4n) is 1.39. The zero-order valence-electron chi connectivity index (χ0n) is 10.9. The van der Waals surface area contributed by atoms with Crippen LogP contribution in [0.15, 0.2) is 0 Å². The molecule has 0 unspecified atom stereocenters. The van der Waals surface area contributed by atoms with Gasteiger partial charge in [-0.1, -0.05) is 13.8 Å². The molecule has 0 saturated heterocycles. The van der Waals surface area contributed by atoms with E-state index >= 15 is 0 Å². The summed E-state index contributed by atoms with van der Waals surface area (Å²) in [6, 6.07) is 0. The van der Waals surface area contributed by atoms with Crippen molar-refractivity contribution in [2.45, 2.75) is 40.5 Å². The van der Waals surface area contributed by atoms with Crippen molar-refractivity contribution in [1.29, 1.82) is 0 Å². The Kier molecular flexibility index (Phi) is 7.60. The first-order valence-corrected chi connectivity index (χ1v) is 6.05. The smallest absolute Gasteiger partial charge is 0.231 e. The summed E-state index contributed by atoms with van der Waals surface area (Å²) in [5.41, 5.74) is 0. The van der Waals surface area contributed by atoms with Gasteiger partial charge in [-0.2, -0.15) is 0 Å². The Morgan fingerprint density at radius 1 is 1.19 bits per heavy atom. The van der Waals surface area contributed by atoms with Crippen LogP contribution >= 0.6 is 0 Å². The second-order valence-electron chi connectivity index (χ2n) is 4.28. The molecule has 16 heavy (non-hydrogen) atoms. The normalized spacial score (nSPS) is 10.3. The van der Waals surface area contributed by atoms with E-state index in [9.17, 15) is 9.59 Å². The Balaban J connectivity index is 3.82. The van der Waals surface area contributed by atoms with Crippen LogP contribution in [0.5, 0.6) is 0 Å². The number of hydrogen-bond donors (Lipinski definition) is 1. The van der Waals surface area contributed by atoms with Crippen molar-refractivity contribution in [3.05, 3.63) is 0 Å². The Morgan fingerprint density at radius 2 is 1.75 bits per heavy atom. The number of amides is 2. The average molecular weight is 228 g/mol. The van der Waals surface area contributed by atoms with Gasteiger partial charge < -0.3 is 10.2 Å². The Bertz CT molecular complexity index is 223. The molecule has 0 saturated carbocycles. The van der Waals surface area contributed by atoms with E-state index in [1.165, 1.54) is 0 Å². The lowest BCUT2D eigenvalue weighted by Crippen LogP contribution is -2.35. The maximum Gasteiger partial charge on any atom is 0.231 e. The molecule has 0 aliphatic rings. The van der Waals surface area contributed by atoms with Gasteiger partial charge in [0.05, 0.1) is 0 Å². The summed E-state index contributed by atoms with van der Waals surface area (Å²) >= 11 is 0. The number of nitrogens with one attached hydrogen (secondary N) is 1. The molecule has 0 fully saturated rings. The lowest BCUT2D eigenvalue weighted by molar-refractivity contribution is -0.135. The minimum Gasteiger partial charge on any atom is -0.356 e. The Labute approximate surface area is 98.4 Å². The third-order valence-corrected chi connectivity index (χ3v) is 2.47. The highest BCUT2D eigenvalue weighted by atomic mass is 16.2. The highest BCUT2D eigenvalue weighted by molar-refractivity contribution is 5.96. The topological polar surface area (TPSA) is 49.4 Å². The molecule has 0 aromatic heterocycles. The van der Waals surface area contributed by atoms with E-state index in [-0.39, 0.29) is 18.2 Å². The first-order chi connectivity index (χ1) is 7.51. The van der Waals surface area contributed by atoms with Crippen LogP contribution < -0.4 is 5.32 Å². The molecule has 0 bridgehead atoms. The molecular weight excluding hydrogens is 204 g/mol. The Morgan fingerprint density at radius 3 is 2.19 bits per heavy atom. The van der Waals surface area contributed by atoms with Crippen molar-refractivity contribution in [3.8, 4) is 0 Å². The van der Waals surface area contributed by atoms with Gasteiger partial charge in [0.25, 0.3) is 0 Å². The van der Waals surface area contributed by atoms with Crippen molar-refractivity contribution in [3.63, 3.8) is 0 Å². The number of hydrogen-bond acceptors (Lipinski definition) is 2. The molecule has 0 aromatic rings. The van der Waals surface area contributed by atoms with Gasteiger partial charge in [-0.15, -0.1) is 0 Å². The van der Waals surface area contributed by atoms with E-state index in [0.717, 1.165) is 6.42 Å². The molecule has 0 aliphatic carbocycles. The van der Waals surface area contributed by atoms with E-state index in [2.05, 4.69) is 19.2 Å². The van der Waals surface area contributed by atoms with Crippen LogP contribution in [0.4, 0.5) is 0 Å². The van der Waals surface area contributed by atoms with Crippen LogP contribution in [0.25, 0.3) is 0 Å². The number of rotatable bonds is 7. The van der Waals surface area contributed by atoms with Gasteiger partial charge in [-0.25, -0.2) is 0 Å². The molecule has 4 heteroatoms. The van der Waals surface area contributed by atoms with E-state index < -0.39 is 0 Å². The van der Waals surface area contributed by atoms with Gasteiger partial charge in [-0.05, 0) is 26.2 Å². The summed E-state index contributed by atoms with van der Waals surface area (Å²) < 4.78 is 0. The molecule has 1 N–H and O–H groups in total. The van der Waals surface area contributed by atoms with Crippen LogP contribution in [0.2, 0.25) is 0 Å². The summed E-state index contributed by atoms with van der Waals surface area (Å²) in [7, 11) is 0. The van der Waals surface area contributed by atoms with Crippen molar-refractivity contribution < 1.29 is 9.59 Å². The number of nitrogens with zero attached hydrogens (tertiary/aromatic N) is 1. The van der Waals surface area contributed by atoms with Crippen LogP contribution in [0, 0.1) is 5.92 Å². The van der Waals surface area contributed by atoms with Gasteiger partial charge in [0.2, 0.25) is 11.8 Å². The molecular formula is C12H24N2O2. The first kappa shape index (κ1) is 14.9. The van der Waals surface area contributed by atoms with Crippen molar-refractivity contribution in [1.82, 2.24) is 10.2 Å². The fraction of sp³-hybridized carbons (Fsp3) is 0.833. The first-order valence-electron chi connectivity index (χ1n) is 6.05. The zero-order valence-corrected chi connectivity index (χ0v) is 10.9. The summed E-state index contributed by atoms with van der Waals surface area (Å²) in [6.45, 7) is 10.0. The minimum absolute atomic E-state index is 0.0280. The molecule has 0 rings (SSSR count). The van der Waals surface area contributed by atoms with E-state index in [1.807, 2.05) is 13.8 Å². The van der Waals surface area contributed by atoms with Gasteiger partial charge in [0.15, 0.2) is 0 Å². The van der Waals surface area contributed by atoms with Crippen LogP contribution in [-0.2, 0) is 9.59 Å². The largest absolute Gasteiger partial charge is 0.356 e. The Hall–Kier alpha value is -1.06. The van der Waals surface area contributed by atoms with Gasteiger partial charge >= 0.3 is 0 Å². The van der Waals surface area contributed by atoms with Gasteiger partial charge in [0.1, 0.15) is 6.42 Å². The van der Waals surface area contributed by atoms with Crippen LogP contribution in [-0.4, -0.2) is 36.3 Å². The molecule has 2 amide bonds. The maximum absolute atomic E-state index is 11.6. The molecule has 0 heterocycles. The fourth-order valence-corrected chi connectivity index (χ4v) is 1.39. The third kappa shape index (κ3) is 6.43. The lowest BCUT2D eigenvalue weighted by Gasteiger charge is -2.18. The standard InChI is InChI=1S/C12H24N2O2/c1-5-14(6-2)12(16)9-11(15)13-8-7-10(3)4/h10H,5-9H2,1-4H3,(H,13,15). The van der Waals surface area contributed by atoms with E-state index in [4.69, 9.17) is 0 Å². The summed E-state index contributed by atoms with van der Waals surface area (Å²) in [4.78, 5) is 24.7. The predicted octanol–water partition coefficient (Wildman–Crippen LogP) is 1.41. The molecule has 0 aliphatic heterocycles. The molecule has 0 atom stereocenters. The molecule has 0 spiro atoms. The molecule has 4 nitrogen and oxygen atoms in total. The summed E-state index contributed by atoms with van der Waals surface area (Å²) in [5, 5.41) is 2.76. The highest BCUT2D eigenvalue weighted by Gasteiger charge is 2.13. The minimum atomic E-state index is -0.169. The van der Waals surface area contributed by atoms with Crippen molar-refractivity contribution in [2.75, 3.05) is 19.6 Å². The van der Waals surface area contributed by atoms with Crippen LogP contribution in [0.1, 0.15) is 40.5 Å². The predicted molar refractivity (Wildman–Crippen MR) is 65.0 cm³/mol. The van der Waals surface area contributed by atoms with E-state index in [0.29, 0.717) is 25.6 Å². The summed E-state index contributed by atoms with van der Waals surface area (Å²) in [6.07, 6.45) is 0.922. The lowest BCUT2D eigenvalue weighted by atomic mass is 10.1. The number of carbonyl (C=O) groups is 2. The monoisotopic (exact) mass is 228 g/mol. The van der Waals surface area contributed by atoms with Crippen molar-refractivity contribution >= 4 is 11.8 Å². The van der Waals surface area contributed by atoms with Crippen molar-refractivity contribution in [2.24, 2.45) is 5.92 Å². The molecule has 94 valence electrons. The average Bonchev–Trinajstić information content (AvgIpc) is 2.18. The SMILES string of the molecule is CCN(CC)C(=O)CC(=O)NCCC(C)C. The zero-order chi connectivity index (χ0) is 12.6. The molecule has 0 aromatic carbocycles. The quantitative estimate of drug-likeness (QED) is 0.670. The second-order valence-corrected chi connectivity index (χ2v) is 4.28. The van der Waals surface area contributed by atoms with Gasteiger partial charge in [0, 0.05) is 19.6 Å². The number of carbonyl (C=O) groups excluding carboxylic acids is 2. The maximum atomic E-state index is 11.6. The highest BCUT2D eigenvalue weighted by Crippen LogP contribution is 1.97. The van der Waals surface area contributed by atoms with Gasteiger partial charge in [-0.3, -0.25) is 9.59 Å². The van der Waals surface area contributed by atoms with E-state index in [1.54, 1.807) is 4.90 Å².